The molecule has 212 valence electrons. The van der Waals surface area contributed by atoms with Crippen molar-refractivity contribution in [3.8, 4) is 0 Å². The van der Waals surface area contributed by atoms with Gasteiger partial charge in [-0.1, -0.05) is 113 Å². The maximum absolute atomic E-state index is 12.2. The van der Waals surface area contributed by atoms with Crippen molar-refractivity contribution in [2.24, 2.45) is 0 Å². The lowest BCUT2D eigenvalue weighted by Gasteiger charge is -2.19. The summed E-state index contributed by atoms with van der Waals surface area (Å²) in [5.41, 5.74) is 0. The Morgan fingerprint density at radius 1 is 0.676 bits per heavy atom. The van der Waals surface area contributed by atoms with E-state index >= 15 is 0 Å². The molecule has 3 N–H and O–H groups in total. The molecule has 2 atom stereocenters. The lowest BCUT2D eigenvalue weighted by atomic mass is 10.1. The lowest BCUT2D eigenvalue weighted by molar-refractivity contribution is -0.123. The average Bonchev–Trinajstić information content (AvgIpc) is 2.90. The highest BCUT2D eigenvalue weighted by atomic mass is 16.3. The summed E-state index contributed by atoms with van der Waals surface area (Å²) >= 11 is 0. The molecule has 4 heteroatoms. The number of nitrogens with one attached hydrogen (secondary N) is 1. The van der Waals surface area contributed by atoms with Gasteiger partial charge in [0.15, 0.2) is 0 Å². The number of carbonyl (C=O) groups is 1. The molecule has 0 aliphatic heterocycles. The molecule has 1 amide bonds. The van der Waals surface area contributed by atoms with Gasteiger partial charge in [-0.3, -0.25) is 4.79 Å². The fourth-order valence-electron chi connectivity index (χ4n) is 3.91. The summed E-state index contributed by atoms with van der Waals surface area (Å²) in [4.78, 5) is 12.2. The third-order valence-electron chi connectivity index (χ3n) is 6.23. The second-order valence-electron chi connectivity index (χ2n) is 9.77. The third-order valence-corrected chi connectivity index (χ3v) is 6.23. The third kappa shape index (κ3) is 25.5. The van der Waals surface area contributed by atoms with E-state index in [9.17, 15) is 15.0 Å². The fraction of sp³-hybridized carbons (Fsp3) is 0.667. The zero-order valence-corrected chi connectivity index (χ0v) is 24.0. The molecule has 0 bridgehead atoms. The van der Waals surface area contributed by atoms with Crippen LogP contribution in [0.2, 0.25) is 0 Å². The minimum Gasteiger partial charge on any atom is -0.394 e. The van der Waals surface area contributed by atoms with Crippen LogP contribution in [-0.4, -0.2) is 34.9 Å². The molecule has 0 aromatic rings. The van der Waals surface area contributed by atoms with Gasteiger partial charge in [-0.25, -0.2) is 0 Å². The van der Waals surface area contributed by atoms with Gasteiger partial charge in [-0.15, -0.1) is 0 Å². The number of aliphatic hydroxyl groups is 2. The van der Waals surface area contributed by atoms with Gasteiger partial charge in [0.05, 0.1) is 18.8 Å². The van der Waals surface area contributed by atoms with Crippen molar-refractivity contribution in [1.29, 1.82) is 0 Å². The minimum atomic E-state index is -0.867. The predicted octanol–water partition coefficient (Wildman–Crippen LogP) is 8.28. The Hall–Kier alpha value is -1.91. The molecule has 0 radical (unpaired) electrons. The van der Waals surface area contributed by atoms with Crippen LogP contribution >= 0.6 is 0 Å². The number of allylic oxidation sites excluding steroid dienone is 9. The minimum absolute atomic E-state index is 0.0984. The first kappa shape index (κ1) is 35.1. The van der Waals surface area contributed by atoms with Gasteiger partial charge in [-0.2, -0.15) is 0 Å². The Bertz CT molecular complexity index is 648. The highest BCUT2D eigenvalue weighted by molar-refractivity contribution is 5.76. The van der Waals surface area contributed by atoms with E-state index < -0.39 is 12.1 Å². The Labute approximate surface area is 228 Å². The predicted molar refractivity (Wildman–Crippen MR) is 161 cm³/mol. The van der Waals surface area contributed by atoms with E-state index in [2.05, 4.69) is 67.8 Å². The molecule has 0 spiro atoms. The Kier molecular flexibility index (Phi) is 27.2. The Balaban J connectivity index is 3.79. The van der Waals surface area contributed by atoms with E-state index in [-0.39, 0.29) is 12.5 Å². The number of aliphatic hydroxyl groups excluding tert-OH is 2. The molecule has 0 aliphatic carbocycles. The van der Waals surface area contributed by atoms with Gasteiger partial charge >= 0.3 is 0 Å². The average molecular weight is 516 g/mol. The maximum atomic E-state index is 12.2. The molecule has 0 saturated carbocycles. The zero-order valence-electron chi connectivity index (χ0n) is 24.0. The summed E-state index contributed by atoms with van der Waals surface area (Å²) < 4.78 is 0. The summed E-state index contributed by atoms with van der Waals surface area (Å²) in [7, 11) is 0. The van der Waals surface area contributed by atoms with Gasteiger partial charge < -0.3 is 15.5 Å². The van der Waals surface area contributed by atoms with E-state index in [0.717, 1.165) is 64.2 Å². The summed E-state index contributed by atoms with van der Waals surface area (Å²) in [5, 5.41) is 22.7. The molecule has 37 heavy (non-hydrogen) atoms. The summed E-state index contributed by atoms with van der Waals surface area (Å²) in [5.74, 6) is -0.0984. The van der Waals surface area contributed by atoms with Crippen molar-refractivity contribution in [2.75, 3.05) is 6.61 Å². The zero-order chi connectivity index (χ0) is 27.2. The molecule has 0 saturated heterocycles. The second kappa shape index (κ2) is 28.7. The molecule has 0 rings (SSSR count). The van der Waals surface area contributed by atoms with Gasteiger partial charge in [-0.05, 0) is 64.2 Å². The number of hydrogen-bond donors (Lipinski definition) is 3. The Morgan fingerprint density at radius 3 is 1.89 bits per heavy atom. The van der Waals surface area contributed by atoms with E-state index in [1.54, 1.807) is 6.08 Å². The lowest BCUT2D eigenvalue weighted by Crippen LogP contribution is -2.45. The first-order valence-electron chi connectivity index (χ1n) is 15.0. The van der Waals surface area contributed by atoms with Crippen LogP contribution in [0.1, 0.15) is 123 Å². The van der Waals surface area contributed by atoms with Crippen molar-refractivity contribution < 1.29 is 15.0 Å². The summed E-state index contributed by atoms with van der Waals surface area (Å²) in [6, 6.07) is -0.646. The van der Waals surface area contributed by atoms with Crippen molar-refractivity contribution in [3.05, 3.63) is 60.8 Å². The summed E-state index contributed by atoms with van der Waals surface area (Å²) in [6.07, 6.45) is 38.6. The molecular formula is C33H57NO3. The quantitative estimate of drug-likeness (QED) is 0.0846. The van der Waals surface area contributed by atoms with Crippen LogP contribution in [0.15, 0.2) is 60.8 Å². The molecule has 0 heterocycles. The standard InChI is InChI=1S/C33H57NO3/c1-3-5-7-9-11-13-15-16-17-18-19-21-23-25-27-29-33(37)34-31(30-35)32(36)28-26-24-22-20-14-12-10-8-6-4-2/h5,7,11,13-14,16-17,20,26,28,31-32,35-36H,3-4,6,8-10,12,15,18-19,21-25,27,29-30H2,1-2H3,(H,34,37)/b7-5-,13-11-,17-16-,20-14+,28-26+. The van der Waals surface area contributed by atoms with Crippen molar-refractivity contribution in [1.82, 2.24) is 5.32 Å². The van der Waals surface area contributed by atoms with Crippen molar-refractivity contribution in [2.45, 2.75) is 135 Å². The smallest absolute Gasteiger partial charge is 0.220 e. The van der Waals surface area contributed by atoms with Gasteiger partial charge in [0.25, 0.3) is 0 Å². The van der Waals surface area contributed by atoms with Gasteiger partial charge in [0.2, 0.25) is 5.91 Å². The van der Waals surface area contributed by atoms with Gasteiger partial charge in [0.1, 0.15) is 0 Å². The van der Waals surface area contributed by atoms with Crippen LogP contribution in [-0.2, 0) is 4.79 Å². The second-order valence-corrected chi connectivity index (χ2v) is 9.77. The highest BCUT2D eigenvalue weighted by Crippen LogP contribution is 2.09. The van der Waals surface area contributed by atoms with Crippen LogP contribution in [0.25, 0.3) is 0 Å². The number of unbranched alkanes of at least 4 members (excludes halogenated alkanes) is 10. The SMILES string of the molecule is CC/C=C\C/C=C\C/C=C\CCCCCCCC(=O)NC(CO)C(O)/C=C/CC/C=C/CCCCCC. The van der Waals surface area contributed by atoms with Crippen LogP contribution in [0.5, 0.6) is 0 Å². The number of amides is 1. The molecule has 0 aromatic heterocycles. The number of hydrogen-bond acceptors (Lipinski definition) is 3. The summed E-state index contributed by atoms with van der Waals surface area (Å²) in [6.45, 7) is 4.10. The normalized spacial score (nSPS) is 14.2. The first-order chi connectivity index (χ1) is 18.2. The van der Waals surface area contributed by atoms with Crippen molar-refractivity contribution >= 4 is 5.91 Å². The first-order valence-corrected chi connectivity index (χ1v) is 15.0. The van der Waals surface area contributed by atoms with Crippen LogP contribution in [0, 0.1) is 0 Å². The highest BCUT2D eigenvalue weighted by Gasteiger charge is 2.17. The van der Waals surface area contributed by atoms with Crippen LogP contribution < -0.4 is 5.32 Å². The van der Waals surface area contributed by atoms with Crippen LogP contribution in [0.3, 0.4) is 0 Å². The monoisotopic (exact) mass is 515 g/mol. The molecular weight excluding hydrogens is 458 g/mol. The molecule has 0 aromatic carbocycles. The van der Waals surface area contributed by atoms with Gasteiger partial charge in [0, 0.05) is 6.42 Å². The van der Waals surface area contributed by atoms with Crippen molar-refractivity contribution in [3.63, 3.8) is 0 Å². The Morgan fingerprint density at radius 2 is 1.22 bits per heavy atom. The molecule has 0 aliphatic rings. The fourth-order valence-corrected chi connectivity index (χ4v) is 3.91. The molecule has 2 unspecified atom stereocenters. The number of rotatable bonds is 25. The van der Waals surface area contributed by atoms with E-state index in [1.165, 1.54) is 38.5 Å². The van der Waals surface area contributed by atoms with E-state index in [4.69, 9.17) is 0 Å². The molecule has 4 nitrogen and oxygen atoms in total. The maximum Gasteiger partial charge on any atom is 0.220 e. The van der Waals surface area contributed by atoms with E-state index in [0.29, 0.717) is 6.42 Å². The van der Waals surface area contributed by atoms with Crippen LogP contribution in [0.4, 0.5) is 0 Å². The largest absolute Gasteiger partial charge is 0.394 e. The number of carbonyl (C=O) groups excluding carboxylic acids is 1. The molecule has 0 fully saturated rings. The topological polar surface area (TPSA) is 69.6 Å². The van der Waals surface area contributed by atoms with E-state index in [1.807, 2.05) is 6.08 Å².